The minimum absolute atomic E-state index is 0.155. The molecule has 68 valence electrons. The van der Waals surface area contributed by atoms with Gasteiger partial charge in [0.05, 0.1) is 6.26 Å². The fourth-order valence-electron chi connectivity index (χ4n) is 0.688. The topological polar surface area (TPSA) is 82.5 Å². The third kappa shape index (κ3) is 2.65. The minimum Gasteiger partial charge on any atom is -0.467 e. The van der Waals surface area contributed by atoms with Crippen LogP contribution in [0.3, 0.4) is 0 Å². The van der Waals surface area contributed by atoms with Gasteiger partial charge in [0.15, 0.2) is 0 Å². The summed E-state index contributed by atoms with van der Waals surface area (Å²) in [6.07, 6.45) is 1.46. The average molecular weight is 191 g/mol. The van der Waals surface area contributed by atoms with E-state index in [2.05, 4.69) is 9.32 Å². The summed E-state index contributed by atoms with van der Waals surface area (Å²) >= 11 is 0. The van der Waals surface area contributed by atoms with E-state index < -0.39 is 10.3 Å². The smallest absolute Gasteiger partial charge is 0.333 e. The highest BCUT2D eigenvalue weighted by Crippen LogP contribution is 2.10. The van der Waals surface area contributed by atoms with Crippen LogP contribution in [0.1, 0.15) is 11.3 Å². The van der Waals surface area contributed by atoms with E-state index in [9.17, 15) is 8.42 Å². The van der Waals surface area contributed by atoms with Crippen molar-refractivity contribution in [2.45, 2.75) is 13.5 Å². The van der Waals surface area contributed by atoms with Crippen LogP contribution in [0.4, 0.5) is 0 Å². The lowest BCUT2D eigenvalue weighted by Crippen LogP contribution is -2.15. The molecule has 0 saturated heterocycles. The fourth-order valence-corrected chi connectivity index (χ4v) is 0.959. The summed E-state index contributed by atoms with van der Waals surface area (Å²) in [4.78, 5) is 0. The zero-order valence-electron chi connectivity index (χ0n) is 6.48. The molecule has 1 heterocycles. The van der Waals surface area contributed by atoms with Crippen molar-refractivity contribution < 1.29 is 17.0 Å². The lowest BCUT2D eigenvalue weighted by molar-refractivity contribution is 0.273. The van der Waals surface area contributed by atoms with Crippen LogP contribution in [0.25, 0.3) is 0 Å². The molecule has 6 heteroatoms. The van der Waals surface area contributed by atoms with Crippen molar-refractivity contribution >= 4 is 10.3 Å². The minimum atomic E-state index is -3.88. The maximum atomic E-state index is 10.4. The van der Waals surface area contributed by atoms with E-state index in [0.717, 1.165) is 5.56 Å². The second-order valence-electron chi connectivity index (χ2n) is 2.28. The molecule has 12 heavy (non-hydrogen) atoms. The Labute approximate surface area is 70.4 Å². The van der Waals surface area contributed by atoms with Crippen molar-refractivity contribution in [3.63, 3.8) is 0 Å². The molecule has 0 fully saturated rings. The Morgan fingerprint density at radius 1 is 1.67 bits per heavy atom. The normalized spacial score (nSPS) is 11.8. The summed E-state index contributed by atoms with van der Waals surface area (Å²) in [5, 5.41) is 4.61. The first-order valence-electron chi connectivity index (χ1n) is 3.19. The maximum absolute atomic E-state index is 10.4. The first-order valence-corrected chi connectivity index (χ1v) is 4.66. The third-order valence-electron chi connectivity index (χ3n) is 1.32. The first kappa shape index (κ1) is 9.24. The van der Waals surface area contributed by atoms with E-state index in [4.69, 9.17) is 4.42 Å². The zero-order valence-corrected chi connectivity index (χ0v) is 7.30. The Hall–Kier alpha value is -0.850. The van der Waals surface area contributed by atoms with Crippen LogP contribution in [-0.4, -0.2) is 8.42 Å². The van der Waals surface area contributed by atoms with Crippen molar-refractivity contribution in [1.29, 1.82) is 0 Å². The van der Waals surface area contributed by atoms with Gasteiger partial charge in [0.2, 0.25) is 0 Å². The van der Waals surface area contributed by atoms with Crippen molar-refractivity contribution in [3.8, 4) is 0 Å². The highest BCUT2D eigenvalue weighted by atomic mass is 32.2. The lowest BCUT2D eigenvalue weighted by Gasteiger charge is -1.97. The molecule has 0 bridgehead atoms. The standard InChI is InChI=1S/C6H9NO4S/c1-5-2-3-10-6(5)4-11-12(7,8)9/h2-3H,4H2,1H3,(H2,7,8,9). The summed E-state index contributed by atoms with van der Waals surface area (Å²) in [6.45, 7) is 1.63. The van der Waals surface area contributed by atoms with Crippen LogP contribution in [0, 0.1) is 6.92 Å². The van der Waals surface area contributed by atoms with Gasteiger partial charge in [-0.15, -0.1) is 0 Å². The lowest BCUT2D eigenvalue weighted by atomic mass is 10.3. The van der Waals surface area contributed by atoms with Crippen LogP contribution < -0.4 is 5.14 Å². The summed E-state index contributed by atoms with van der Waals surface area (Å²) in [5.74, 6) is 0.462. The van der Waals surface area contributed by atoms with E-state index in [-0.39, 0.29) is 6.61 Å². The van der Waals surface area contributed by atoms with Gasteiger partial charge in [0.25, 0.3) is 0 Å². The number of aryl methyl sites for hydroxylation is 1. The van der Waals surface area contributed by atoms with Gasteiger partial charge < -0.3 is 4.42 Å². The first-order chi connectivity index (χ1) is 5.49. The Balaban J connectivity index is 2.61. The maximum Gasteiger partial charge on any atom is 0.333 e. The predicted molar refractivity (Wildman–Crippen MR) is 41.3 cm³/mol. The Bertz CT molecular complexity index is 353. The summed E-state index contributed by atoms with van der Waals surface area (Å²) in [5.41, 5.74) is 0.832. The molecule has 0 saturated carbocycles. The number of rotatable bonds is 3. The molecule has 1 aromatic rings. The quantitative estimate of drug-likeness (QED) is 0.745. The summed E-state index contributed by atoms with van der Waals surface area (Å²) in [7, 11) is -3.88. The molecule has 0 aliphatic carbocycles. The fraction of sp³-hybridized carbons (Fsp3) is 0.333. The second kappa shape index (κ2) is 3.26. The molecule has 0 spiro atoms. The van der Waals surface area contributed by atoms with Crippen LogP contribution in [0.15, 0.2) is 16.7 Å². The van der Waals surface area contributed by atoms with Crippen LogP contribution >= 0.6 is 0 Å². The van der Waals surface area contributed by atoms with Gasteiger partial charge >= 0.3 is 10.3 Å². The van der Waals surface area contributed by atoms with Crippen molar-refractivity contribution in [2.24, 2.45) is 5.14 Å². The van der Waals surface area contributed by atoms with E-state index in [1.54, 1.807) is 13.0 Å². The van der Waals surface area contributed by atoms with Crippen LogP contribution in [0.5, 0.6) is 0 Å². The Morgan fingerprint density at radius 3 is 2.75 bits per heavy atom. The molecule has 0 aliphatic heterocycles. The van der Waals surface area contributed by atoms with Crippen LogP contribution in [-0.2, 0) is 21.1 Å². The average Bonchev–Trinajstić information content (AvgIpc) is 2.29. The molecule has 0 aliphatic rings. The SMILES string of the molecule is Cc1ccoc1COS(N)(=O)=O. The highest BCUT2D eigenvalue weighted by molar-refractivity contribution is 7.84. The van der Waals surface area contributed by atoms with Crippen LogP contribution in [0.2, 0.25) is 0 Å². The number of nitrogens with two attached hydrogens (primary N) is 1. The molecule has 0 unspecified atom stereocenters. The van der Waals surface area contributed by atoms with Gasteiger partial charge in [-0.25, -0.2) is 5.14 Å². The second-order valence-corrected chi connectivity index (χ2v) is 3.50. The summed E-state index contributed by atoms with van der Waals surface area (Å²) in [6, 6.07) is 1.71. The largest absolute Gasteiger partial charge is 0.467 e. The van der Waals surface area contributed by atoms with E-state index >= 15 is 0 Å². The number of hydrogen-bond donors (Lipinski definition) is 1. The summed E-state index contributed by atoms with van der Waals surface area (Å²) < 4.78 is 29.9. The monoisotopic (exact) mass is 191 g/mol. The molecule has 0 aromatic carbocycles. The number of hydrogen-bond acceptors (Lipinski definition) is 4. The van der Waals surface area contributed by atoms with Crippen molar-refractivity contribution in [3.05, 3.63) is 23.7 Å². The van der Waals surface area contributed by atoms with Gasteiger partial charge in [-0.2, -0.15) is 8.42 Å². The van der Waals surface area contributed by atoms with Gasteiger partial charge in [0, 0.05) is 0 Å². The zero-order chi connectivity index (χ0) is 9.19. The molecule has 0 radical (unpaired) electrons. The van der Waals surface area contributed by atoms with E-state index in [0.29, 0.717) is 5.76 Å². The molecular formula is C6H9NO4S. The van der Waals surface area contributed by atoms with Gasteiger partial charge in [-0.3, -0.25) is 4.18 Å². The Kier molecular flexibility index (Phi) is 2.51. The molecule has 1 aromatic heterocycles. The molecule has 2 N–H and O–H groups in total. The number of furan rings is 1. The van der Waals surface area contributed by atoms with Crippen molar-refractivity contribution in [1.82, 2.24) is 0 Å². The van der Waals surface area contributed by atoms with Gasteiger partial charge in [-0.1, -0.05) is 0 Å². The van der Waals surface area contributed by atoms with Crippen molar-refractivity contribution in [2.75, 3.05) is 0 Å². The molecule has 1 rings (SSSR count). The Morgan fingerprint density at radius 2 is 2.33 bits per heavy atom. The highest BCUT2D eigenvalue weighted by Gasteiger charge is 2.07. The van der Waals surface area contributed by atoms with E-state index in [1.165, 1.54) is 6.26 Å². The third-order valence-corrected chi connectivity index (χ3v) is 1.77. The van der Waals surface area contributed by atoms with Gasteiger partial charge in [0.1, 0.15) is 12.4 Å². The van der Waals surface area contributed by atoms with E-state index in [1.807, 2.05) is 0 Å². The molecular weight excluding hydrogens is 182 g/mol. The van der Waals surface area contributed by atoms with Gasteiger partial charge in [-0.05, 0) is 18.6 Å². The molecule has 0 atom stereocenters. The predicted octanol–water partition coefficient (Wildman–Crippen LogP) is 0.308. The molecule has 5 nitrogen and oxygen atoms in total. The molecule has 0 amide bonds.